The molecular formula is C9H8AcOS. The molecule has 1 nitrogen and oxygen atoms in total. The van der Waals surface area contributed by atoms with Crippen molar-refractivity contribution in [1.82, 2.24) is 0 Å². The van der Waals surface area contributed by atoms with Gasteiger partial charge in [0.05, 0.1) is 0 Å². The molecular weight excluding hydrogens is 383 g/mol. The molecule has 59 valence electrons. The zero-order valence-corrected chi connectivity index (χ0v) is 12.3. The number of hydrogen-bond acceptors (Lipinski definition) is 2. The second-order valence-electron chi connectivity index (χ2n) is 2.60. The Morgan fingerprint density at radius 1 is 1.33 bits per heavy atom. The fraction of sp³-hybridized carbons (Fsp3) is 0.111. The van der Waals surface area contributed by atoms with Gasteiger partial charge in [0.2, 0.25) is 0 Å². The average molecular weight is 391 g/mol. The van der Waals surface area contributed by atoms with Crippen molar-refractivity contribution in [2.24, 2.45) is 0 Å². The van der Waals surface area contributed by atoms with Crippen LogP contribution in [0.3, 0.4) is 0 Å². The SMILES string of the molecule is Cc1csc2ccc(O)cc12.[Ac]. The predicted molar refractivity (Wildman–Crippen MR) is 48.2 cm³/mol. The van der Waals surface area contributed by atoms with E-state index in [-0.39, 0.29) is 44.1 Å². The van der Waals surface area contributed by atoms with Gasteiger partial charge in [-0.2, -0.15) is 0 Å². The van der Waals surface area contributed by atoms with Gasteiger partial charge in [-0.15, -0.1) is 11.3 Å². The summed E-state index contributed by atoms with van der Waals surface area (Å²) in [6.45, 7) is 2.05. The van der Waals surface area contributed by atoms with Crippen molar-refractivity contribution in [3.8, 4) is 5.75 Å². The molecule has 0 fully saturated rings. The molecule has 0 aliphatic carbocycles. The van der Waals surface area contributed by atoms with Gasteiger partial charge in [0.25, 0.3) is 0 Å². The fourth-order valence-corrected chi connectivity index (χ4v) is 2.07. The Morgan fingerprint density at radius 2 is 2.08 bits per heavy atom. The Bertz CT molecular complexity index is 394. The van der Waals surface area contributed by atoms with E-state index in [2.05, 4.69) is 12.3 Å². The van der Waals surface area contributed by atoms with E-state index in [1.807, 2.05) is 6.07 Å². The maximum Gasteiger partial charge on any atom is 0.116 e. The zero-order chi connectivity index (χ0) is 7.84. The summed E-state index contributed by atoms with van der Waals surface area (Å²) in [4.78, 5) is 0. The molecule has 2 rings (SSSR count). The van der Waals surface area contributed by atoms with E-state index >= 15 is 0 Å². The Morgan fingerprint density at radius 3 is 2.83 bits per heavy atom. The quantitative estimate of drug-likeness (QED) is 0.733. The average Bonchev–Trinajstić information content (AvgIpc) is 2.33. The summed E-state index contributed by atoms with van der Waals surface area (Å²) in [5.41, 5.74) is 1.24. The molecule has 1 radical (unpaired) electrons. The van der Waals surface area contributed by atoms with Crippen molar-refractivity contribution in [3.05, 3.63) is 29.1 Å². The first-order valence-corrected chi connectivity index (χ1v) is 4.32. The Balaban J connectivity index is 0.000000720. The molecule has 0 aliphatic rings. The second-order valence-corrected chi connectivity index (χ2v) is 3.51. The van der Waals surface area contributed by atoms with Crippen molar-refractivity contribution >= 4 is 21.4 Å². The molecule has 1 heterocycles. The molecule has 3 heteroatoms. The van der Waals surface area contributed by atoms with E-state index in [4.69, 9.17) is 0 Å². The first-order valence-electron chi connectivity index (χ1n) is 3.44. The van der Waals surface area contributed by atoms with Crippen LogP contribution in [0.2, 0.25) is 0 Å². The van der Waals surface area contributed by atoms with Crippen molar-refractivity contribution in [3.63, 3.8) is 0 Å². The van der Waals surface area contributed by atoms with Gasteiger partial charge in [-0.25, -0.2) is 0 Å². The minimum atomic E-state index is 0. The standard InChI is InChI=1S/C9H8OS.Ac/c1-6-5-11-9-3-2-7(10)4-8(6)9;/h2-5,10H,1H3;. The van der Waals surface area contributed by atoms with Gasteiger partial charge in [0, 0.05) is 48.8 Å². The number of phenolic OH excluding ortho intramolecular Hbond substituents is 1. The number of fused-ring (bicyclic) bond motifs is 1. The molecule has 0 saturated heterocycles. The maximum atomic E-state index is 9.18. The van der Waals surface area contributed by atoms with Crippen LogP contribution in [0.15, 0.2) is 23.6 Å². The molecule has 1 aromatic heterocycles. The third kappa shape index (κ3) is 1.84. The van der Waals surface area contributed by atoms with Crippen LogP contribution >= 0.6 is 11.3 Å². The molecule has 2 aromatic rings. The van der Waals surface area contributed by atoms with E-state index < -0.39 is 0 Å². The summed E-state index contributed by atoms with van der Waals surface area (Å²) in [7, 11) is 0. The predicted octanol–water partition coefficient (Wildman–Crippen LogP) is 2.92. The normalized spacial score (nSPS) is 9.75. The van der Waals surface area contributed by atoms with Crippen LogP contribution in [-0.2, 0) is 0 Å². The minimum Gasteiger partial charge on any atom is -0.508 e. The van der Waals surface area contributed by atoms with Gasteiger partial charge in [-0.1, -0.05) is 0 Å². The largest absolute Gasteiger partial charge is 0.508 e. The number of phenols is 1. The van der Waals surface area contributed by atoms with Crippen LogP contribution in [0.4, 0.5) is 0 Å². The summed E-state index contributed by atoms with van der Waals surface area (Å²) < 4.78 is 1.24. The van der Waals surface area contributed by atoms with E-state index in [0.717, 1.165) is 5.39 Å². The molecule has 0 bridgehead atoms. The topological polar surface area (TPSA) is 20.2 Å². The van der Waals surface area contributed by atoms with Gasteiger partial charge in [-0.05, 0) is 41.5 Å². The Labute approximate surface area is 111 Å². The molecule has 0 atom stereocenters. The molecule has 0 unspecified atom stereocenters. The van der Waals surface area contributed by atoms with E-state index in [1.165, 1.54) is 10.3 Å². The smallest absolute Gasteiger partial charge is 0.116 e. The molecule has 0 amide bonds. The molecule has 1 N–H and O–H groups in total. The number of aryl methyl sites for hydroxylation is 1. The van der Waals surface area contributed by atoms with E-state index in [9.17, 15) is 5.11 Å². The summed E-state index contributed by atoms with van der Waals surface area (Å²) in [5, 5.41) is 12.4. The van der Waals surface area contributed by atoms with Crippen molar-refractivity contribution in [1.29, 1.82) is 0 Å². The van der Waals surface area contributed by atoms with Crippen LogP contribution in [0.5, 0.6) is 5.75 Å². The van der Waals surface area contributed by atoms with Crippen LogP contribution in [0, 0.1) is 51.0 Å². The van der Waals surface area contributed by atoms with Gasteiger partial charge in [0.1, 0.15) is 5.75 Å². The molecule has 1 aromatic carbocycles. The molecule has 0 aliphatic heterocycles. The summed E-state index contributed by atoms with van der Waals surface area (Å²) in [6.07, 6.45) is 0. The van der Waals surface area contributed by atoms with Gasteiger partial charge in [-0.3, -0.25) is 0 Å². The Kier molecular flexibility index (Phi) is 3.58. The van der Waals surface area contributed by atoms with Crippen LogP contribution in [0.1, 0.15) is 5.56 Å². The summed E-state index contributed by atoms with van der Waals surface area (Å²) in [6, 6.07) is 5.47. The zero-order valence-electron chi connectivity index (χ0n) is 6.74. The summed E-state index contributed by atoms with van der Waals surface area (Å²) in [5.74, 6) is 0.346. The van der Waals surface area contributed by atoms with Crippen molar-refractivity contribution in [2.75, 3.05) is 0 Å². The number of rotatable bonds is 0. The summed E-state index contributed by atoms with van der Waals surface area (Å²) >= 11 is 1.71. The van der Waals surface area contributed by atoms with Crippen molar-refractivity contribution in [2.45, 2.75) is 6.92 Å². The number of benzene rings is 1. The first kappa shape index (κ1) is 10.5. The van der Waals surface area contributed by atoms with Gasteiger partial charge < -0.3 is 5.11 Å². The van der Waals surface area contributed by atoms with E-state index in [1.54, 1.807) is 23.5 Å². The van der Waals surface area contributed by atoms with Gasteiger partial charge >= 0.3 is 0 Å². The van der Waals surface area contributed by atoms with Crippen LogP contribution < -0.4 is 0 Å². The monoisotopic (exact) mass is 391 g/mol. The van der Waals surface area contributed by atoms with Gasteiger partial charge in [0.15, 0.2) is 0 Å². The molecule has 12 heavy (non-hydrogen) atoms. The number of hydrogen-bond donors (Lipinski definition) is 1. The molecule has 0 spiro atoms. The Hall–Kier alpha value is 0.422. The van der Waals surface area contributed by atoms with E-state index in [0.29, 0.717) is 5.75 Å². The minimum absolute atomic E-state index is 0. The molecule has 0 saturated carbocycles. The van der Waals surface area contributed by atoms with Crippen molar-refractivity contribution < 1.29 is 49.2 Å². The third-order valence-corrected chi connectivity index (χ3v) is 2.83. The maximum absolute atomic E-state index is 9.18. The fourth-order valence-electron chi connectivity index (χ4n) is 1.14. The van der Waals surface area contributed by atoms with Crippen LogP contribution in [-0.4, -0.2) is 5.11 Å². The number of thiophene rings is 1. The third-order valence-electron chi connectivity index (χ3n) is 1.75. The number of aromatic hydroxyl groups is 1. The first-order chi connectivity index (χ1) is 5.27. The second kappa shape index (κ2) is 4.09. The van der Waals surface area contributed by atoms with Crippen LogP contribution in [0.25, 0.3) is 10.1 Å².